The van der Waals surface area contributed by atoms with Gasteiger partial charge < -0.3 is 0 Å². The van der Waals surface area contributed by atoms with E-state index < -0.39 is 0 Å². The molecule has 0 aromatic heterocycles. The van der Waals surface area contributed by atoms with Gasteiger partial charge in [-0.05, 0) is 51.0 Å². The van der Waals surface area contributed by atoms with E-state index in [1.807, 2.05) is 6.92 Å². The SMILES string of the molecule is CCC(=O)C(C)N(C)CC1CC2CCC1C2. The molecule has 0 radical (unpaired) electrons. The Balaban J connectivity index is 1.83. The molecule has 2 bridgehead atoms. The molecular weight excluding hydrogens is 198 g/mol. The van der Waals surface area contributed by atoms with E-state index in [4.69, 9.17) is 0 Å². The Morgan fingerprint density at radius 1 is 1.38 bits per heavy atom. The van der Waals surface area contributed by atoms with Crippen LogP contribution in [0.3, 0.4) is 0 Å². The quantitative estimate of drug-likeness (QED) is 0.714. The predicted octanol–water partition coefficient (Wildman–Crippen LogP) is 2.72. The Bertz CT molecular complexity index is 263. The molecule has 2 fully saturated rings. The van der Waals surface area contributed by atoms with Gasteiger partial charge in [0.2, 0.25) is 0 Å². The van der Waals surface area contributed by atoms with E-state index in [0.29, 0.717) is 12.2 Å². The van der Waals surface area contributed by atoms with Gasteiger partial charge in [-0.15, -0.1) is 0 Å². The average molecular weight is 223 g/mol. The van der Waals surface area contributed by atoms with Gasteiger partial charge in [0.15, 0.2) is 0 Å². The molecule has 0 aliphatic heterocycles. The smallest absolute Gasteiger partial charge is 0.149 e. The van der Waals surface area contributed by atoms with Crippen molar-refractivity contribution in [2.45, 2.75) is 52.0 Å². The largest absolute Gasteiger partial charge is 0.298 e. The first-order valence-electron chi connectivity index (χ1n) is 6.84. The summed E-state index contributed by atoms with van der Waals surface area (Å²) >= 11 is 0. The van der Waals surface area contributed by atoms with Crippen LogP contribution in [0.5, 0.6) is 0 Å². The first-order chi connectivity index (χ1) is 7.61. The maximum atomic E-state index is 11.6. The number of hydrogen-bond donors (Lipinski definition) is 0. The standard InChI is InChI=1S/C14H25NO/c1-4-14(16)10(2)15(3)9-13-8-11-5-6-12(13)7-11/h10-13H,4-9H2,1-3H3. The van der Waals surface area contributed by atoms with E-state index in [9.17, 15) is 4.79 Å². The number of rotatable bonds is 5. The van der Waals surface area contributed by atoms with E-state index in [2.05, 4.69) is 18.9 Å². The molecule has 2 rings (SSSR count). The van der Waals surface area contributed by atoms with Crippen LogP contribution < -0.4 is 0 Å². The monoisotopic (exact) mass is 223 g/mol. The summed E-state index contributed by atoms with van der Waals surface area (Å²) in [5.41, 5.74) is 0. The van der Waals surface area contributed by atoms with Crippen molar-refractivity contribution in [3.05, 3.63) is 0 Å². The molecular formula is C14H25NO. The molecule has 0 N–H and O–H groups in total. The number of nitrogens with zero attached hydrogens (tertiary/aromatic N) is 1. The van der Waals surface area contributed by atoms with Crippen LogP contribution in [0, 0.1) is 17.8 Å². The molecule has 0 spiro atoms. The van der Waals surface area contributed by atoms with Crippen LogP contribution in [-0.4, -0.2) is 30.3 Å². The number of hydrogen-bond acceptors (Lipinski definition) is 2. The zero-order valence-electron chi connectivity index (χ0n) is 10.9. The van der Waals surface area contributed by atoms with Crippen LogP contribution in [0.15, 0.2) is 0 Å². The van der Waals surface area contributed by atoms with Gasteiger partial charge in [0.05, 0.1) is 6.04 Å². The summed E-state index contributed by atoms with van der Waals surface area (Å²) < 4.78 is 0. The van der Waals surface area contributed by atoms with E-state index in [1.54, 1.807) is 0 Å². The molecule has 2 saturated carbocycles. The topological polar surface area (TPSA) is 20.3 Å². The summed E-state index contributed by atoms with van der Waals surface area (Å²) in [6, 6.07) is 0.115. The lowest BCUT2D eigenvalue weighted by atomic mass is 9.88. The molecule has 0 aromatic carbocycles. The summed E-state index contributed by atoms with van der Waals surface area (Å²) in [5, 5.41) is 0. The van der Waals surface area contributed by atoms with E-state index in [0.717, 1.165) is 24.3 Å². The number of likely N-dealkylation sites (N-methyl/N-ethyl adjacent to an activating group) is 1. The molecule has 0 amide bonds. The van der Waals surface area contributed by atoms with Crippen molar-refractivity contribution in [1.82, 2.24) is 4.90 Å². The molecule has 0 aromatic rings. The lowest BCUT2D eigenvalue weighted by Gasteiger charge is -2.30. The molecule has 2 aliphatic carbocycles. The Morgan fingerprint density at radius 3 is 2.62 bits per heavy atom. The molecule has 16 heavy (non-hydrogen) atoms. The fraction of sp³-hybridized carbons (Fsp3) is 0.929. The molecule has 2 heteroatoms. The van der Waals surface area contributed by atoms with Gasteiger partial charge in [0.1, 0.15) is 5.78 Å². The van der Waals surface area contributed by atoms with Crippen molar-refractivity contribution in [3.63, 3.8) is 0 Å². The highest BCUT2D eigenvalue weighted by molar-refractivity contribution is 5.83. The lowest BCUT2D eigenvalue weighted by molar-refractivity contribution is -0.123. The normalized spacial score (nSPS) is 34.6. The minimum absolute atomic E-state index is 0.115. The third-order valence-corrected chi connectivity index (χ3v) is 4.88. The molecule has 0 heterocycles. The number of Topliss-reactive ketones (excluding diaryl/α,β-unsaturated/α-hetero) is 1. The van der Waals surface area contributed by atoms with Gasteiger partial charge in [-0.3, -0.25) is 9.69 Å². The van der Waals surface area contributed by atoms with Crippen molar-refractivity contribution in [1.29, 1.82) is 0 Å². The zero-order chi connectivity index (χ0) is 11.7. The Kier molecular flexibility index (Phi) is 3.68. The summed E-state index contributed by atoms with van der Waals surface area (Å²) in [6.45, 7) is 5.15. The predicted molar refractivity (Wildman–Crippen MR) is 66.3 cm³/mol. The molecule has 2 aliphatic rings. The highest BCUT2D eigenvalue weighted by atomic mass is 16.1. The summed E-state index contributed by atoms with van der Waals surface area (Å²) in [4.78, 5) is 13.9. The minimum Gasteiger partial charge on any atom is -0.298 e. The average Bonchev–Trinajstić information content (AvgIpc) is 2.88. The third-order valence-electron chi connectivity index (χ3n) is 4.88. The first-order valence-corrected chi connectivity index (χ1v) is 6.84. The van der Waals surface area contributed by atoms with Crippen molar-refractivity contribution in [3.8, 4) is 0 Å². The molecule has 0 saturated heterocycles. The number of ketones is 1. The third kappa shape index (κ3) is 2.32. The summed E-state index contributed by atoms with van der Waals surface area (Å²) in [6.07, 6.45) is 6.46. The lowest BCUT2D eigenvalue weighted by Crippen LogP contribution is -2.39. The Labute approximate surface area is 99.4 Å². The van der Waals surface area contributed by atoms with Gasteiger partial charge in [0, 0.05) is 13.0 Å². The van der Waals surface area contributed by atoms with Gasteiger partial charge in [-0.25, -0.2) is 0 Å². The zero-order valence-corrected chi connectivity index (χ0v) is 10.9. The van der Waals surface area contributed by atoms with E-state index in [-0.39, 0.29) is 6.04 Å². The van der Waals surface area contributed by atoms with Crippen LogP contribution in [0.1, 0.15) is 46.0 Å². The van der Waals surface area contributed by atoms with Crippen LogP contribution in [0.2, 0.25) is 0 Å². The second kappa shape index (κ2) is 4.87. The van der Waals surface area contributed by atoms with Gasteiger partial charge >= 0.3 is 0 Å². The van der Waals surface area contributed by atoms with Gasteiger partial charge in [0.25, 0.3) is 0 Å². The van der Waals surface area contributed by atoms with Crippen molar-refractivity contribution in [2.24, 2.45) is 17.8 Å². The van der Waals surface area contributed by atoms with E-state index >= 15 is 0 Å². The van der Waals surface area contributed by atoms with Crippen LogP contribution in [-0.2, 0) is 4.79 Å². The molecule has 4 unspecified atom stereocenters. The minimum atomic E-state index is 0.115. The highest BCUT2D eigenvalue weighted by Crippen LogP contribution is 2.48. The number of fused-ring (bicyclic) bond motifs is 2. The fourth-order valence-corrected chi connectivity index (χ4v) is 3.67. The fourth-order valence-electron chi connectivity index (χ4n) is 3.67. The second-order valence-corrected chi connectivity index (χ2v) is 5.87. The van der Waals surface area contributed by atoms with Crippen molar-refractivity contribution < 1.29 is 4.79 Å². The highest BCUT2D eigenvalue weighted by Gasteiger charge is 2.40. The Morgan fingerprint density at radius 2 is 2.12 bits per heavy atom. The van der Waals surface area contributed by atoms with E-state index in [1.165, 1.54) is 25.7 Å². The molecule has 92 valence electrons. The maximum Gasteiger partial charge on any atom is 0.149 e. The van der Waals surface area contributed by atoms with Crippen LogP contribution in [0.4, 0.5) is 0 Å². The number of carbonyl (C=O) groups is 1. The second-order valence-electron chi connectivity index (χ2n) is 5.87. The number of carbonyl (C=O) groups excluding carboxylic acids is 1. The first kappa shape index (κ1) is 12.1. The molecule has 2 nitrogen and oxygen atoms in total. The van der Waals surface area contributed by atoms with Gasteiger partial charge in [-0.2, -0.15) is 0 Å². The summed E-state index contributed by atoms with van der Waals surface area (Å²) in [5.74, 6) is 3.23. The van der Waals surface area contributed by atoms with Crippen molar-refractivity contribution >= 4 is 5.78 Å². The molecule has 4 atom stereocenters. The Hall–Kier alpha value is -0.370. The van der Waals surface area contributed by atoms with Crippen LogP contribution in [0.25, 0.3) is 0 Å². The van der Waals surface area contributed by atoms with Crippen molar-refractivity contribution in [2.75, 3.05) is 13.6 Å². The van der Waals surface area contributed by atoms with Gasteiger partial charge in [-0.1, -0.05) is 13.3 Å². The van der Waals surface area contributed by atoms with Crippen LogP contribution >= 0.6 is 0 Å². The summed E-state index contributed by atoms with van der Waals surface area (Å²) in [7, 11) is 2.12. The maximum absolute atomic E-state index is 11.6.